The zero-order valence-corrected chi connectivity index (χ0v) is 13.7. The van der Waals surface area contributed by atoms with Gasteiger partial charge in [0, 0.05) is 12.1 Å². The smallest absolute Gasteiger partial charge is 0.267 e. The fourth-order valence-corrected chi connectivity index (χ4v) is 3.31. The number of benzene rings is 2. The minimum Gasteiger partial charge on any atom is -0.267 e. The van der Waals surface area contributed by atoms with E-state index in [1.54, 1.807) is 18.2 Å². The van der Waals surface area contributed by atoms with Gasteiger partial charge in [-0.3, -0.25) is 4.79 Å². The number of rotatable bonds is 4. The molecule has 2 aromatic rings. The molecule has 1 fully saturated rings. The fourth-order valence-electron chi connectivity index (χ4n) is 2.10. The van der Waals surface area contributed by atoms with E-state index in [4.69, 9.17) is 12.2 Å². The van der Waals surface area contributed by atoms with Gasteiger partial charge in [0.15, 0.2) is 4.32 Å². The maximum Gasteiger partial charge on any atom is 0.280 e. The van der Waals surface area contributed by atoms with Crippen LogP contribution in [0, 0.1) is 5.82 Å². The first-order chi connectivity index (χ1) is 11.1. The number of carbonyl (C=O) groups excluding carboxylic acids is 1. The van der Waals surface area contributed by atoms with E-state index in [0.29, 0.717) is 21.3 Å². The summed E-state index contributed by atoms with van der Waals surface area (Å²) in [5.41, 5.74) is 4.43. The molecule has 2 aromatic carbocycles. The standard InChI is InChI=1S/C17H13FN2OS2/c18-14-9-5-4-8-13(14)10-15-16(21)20(17(22)23-15)19-11-12-6-2-1-3-7-12/h1-10,19H,11H2/b15-10+. The lowest BCUT2D eigenvalue weighted by molar-refractivity contribution is -0.124. The number of nitrogens with zero attached hydrogens (tertiary/aromatic N) is 1. The van der Waals surface area contributed by atoms with E-state index in [2.05, 4.69) is 5.43 Å². The first kappa shape index (κ1) is 15.9. The highest BCUT2D eigenvalue weighted by Gasteiger charge is 2.32. The highest BCUT2D eigenvalue weighted by molar-refractivity contribution is 8.26. The molecule has 0 saturated carbocycles. The molecule has 1 aliphatic rings. The van der Waals surface area contributed by atoms with Crippen LogP contribution < -0.4 is 5.43 Å². The van der Waals surface area contributed by atoms with Crippen molar-refractivity contribution in [3.8, 4) is 0 Å². The number of amides is 1. The monoisotopic (exact) mass is 344 g/mol. The summed E-state index contributed by atoms with van der Waals surface area (Å²) in [6.45, 7) is 0.486. The van der Waals surface area contributed by atoms with Gasteiger partial charge in [0.1, 0.15) is 5.82 Å². The Hall–Kier alpha value is -2.02. The second-order valence-electron chi connectivity index (χ2n) is 4.86. The summed E-state index contributed by atoms with van der Waals surface area (Å²) in [4.78, 5) is 12.8. The predicted octanol–water partition coefficient (Wildman–Crippen LogP) is 3.73. The lowest BCUT2D eigenvalue weighted by Gasteiger charge is -2.15. The first-order valence-corrected chi connectivity index (χ1v) is 8.17. The van der Waals surface area contributed by atoms with Gasteiger partial charge in [-0.25, -0.2) is 14.8 Å². The van der Waals surface area contributed by atoms with Crippen LogP contribution >= 0.6 is 24.0 Å². The van der Waals surface area contributed by atoms with E-state index in [1.807, 2.05) is 30.3 Å². The van der Waals surface area contributed by atoms with Crippen molar-refractivity contribution in [2.45, 2.75) is 6.54 Å². The highest BCUT2D eigenvalue weighted by atomic mass is 32.2. The summed E-state index contributed by atoms with van der Waals surface area (Å²) in [6.07, 6.45) is 1.53. The van der Waals surface area contributed by atoms with Crippen LogP contribution in [0.25, 0.3) is 6.08 Å². The molecule has 1 saturated heterocycles. The Kier molecular flexibility index (Phi) is 4.85. The van der Waals surface area contributed by atoms with Crippen molar-refractivity contribution < 1.29 is 9.18 Å². The normalized spacial score (nSPS) is 16.4. The topological polar surface area (TPSA) is 32.3 Å². The zero-order chi connectivity index (χ0) is 16.2. The molecule has 3 nitrogen and oxygen atoms in total. The van der Waals surface area contributed by atoms with E-state index in [9.17, 15) is 9.18 Å². The minimum absolute atomic E-state index is 0.265. The van der Waals surface area contributed by atoms with Crippen LogP contribution in [0.5, 0.6) is 0 Å². The zero-order valence-electron chi connectivity index (χ0n) is 12.0. The van der Waals surface area contributed by atoms with E-state index < -0.39 is 0 Å². The third-order valence-electron chi connectivity index (χ3n) is 3.27. The van der Waals surface area contributed by atoms with E-state index in [-0.39, 0.29) is 11.7 Å². The third kappa shape index (κ3) is 3.67. The van der Waals surface area contributed by atoms with E-state index >= 15 is 0 Å². The van der Waals surface area contributed by atoms with Gasteiger partial charge >= 0.3 is 0 Å². The summed E-state index contributed by atoms with van der Waals surface area (Å²) in [6, 6.07) is 16.0. The molecule has 0 aromatic heterocycles. The minimum atomic E-state index is -0.366. The van der Waals surface area contributed by atoms with Gasteiger partial charge in [-0.15, -0.1) is 0 Å². The molecule has 23 heavy (non-hydrogen) atoms. The second kappa shape index (κ2) is 7.04. The lowest BCUT2D eigenvalue weighted by Crippen LogP contribution is -2.40. The molecule has 0 bridgehead atoms. The summed E-state index contributed by atoms with van der Waals surface area (Å²) in [7, 11) is 0. The predicted molar refractivity (Wildman–Crippen MR) is 94.7 cm³/mol. The number of nitrogens with one attached hydrogen (secondary N) is 1. The summed E-state index contributed by atoms with van der Waals surface area (Å²) in [5, 5.41) is 1.33. The maximum atomic E-state index is 13.7. The number of halogens is 1. The van der Waals surface area contributed by atoms with Crippen molar-refractivity contribution in [1.29, 1.82) is 0 Å². The second-order valence-corrected chi connectivity index (χ2v) is 6.53. The molecule has 116 valence electrons. The van der Waals surface area contributed by atoms with Crippen molar-refractivity contribution in [2.24, 2.45) is 0 Å². The molecule has 0 unspecified atom stereocenters. The third-order valence-corrected chi connectivity index (χ3v) is 4.57. The Bertz CT molecular complexity index is 777. The van der Waals surface area contributed by atoms with Crippen molar-refractivity contribution in [1.82, 2.24) is 10.4 Å². The molecule has 0 atom stereocenters. The van der Waals surface area contributed by atoms with Crippen LogP contribution in [0.4, 0.5) is 4.39 Å². The van der Waals surface area contributed by atoms with E-state index in [0.717, 1.165) is 17.3 Å². The maximum absolute atomic E-state index is 13.7. The number of hydrogen-bond acceptors (Lipinski definition) is 4. The van der Waals surface area contributed by atoms with Gasteiger partial charge in [-0.2, -0.15) is 0 Å². The van der Waals surface area contributed by atoms with Gasteiger partial charge in [-0.05, 0) is 17.7 Å². The average Bonchev–Trinajstić information content (AvgIpc) is 2.82. The number of thioether (sulfide) groups is 1. The largest absolute Gasteiger partial charge is 0.280 e. The number of hydrogen-bond donors (Lipinski definition) is 1. The van der Waals surface area contributed by atoms with Crippen molar-refractivity contribution >= 4 is 40.3 Å². The van der Waals surface area contributed by atoms with Gasteiger partial charge in [0.2, 0.25) is 0 Å². The Morgan fingerprint density at radius 2 is 1.83 bits per heavy atom. The molecule has 0 aliphatic carbocycles. The summed E-state index contributed by atoms with van der Waals surface area (Å²) in [5.74, 6) is -0.630. The molecule has 3 rings (SSSR count). The average molecular weight is 344 g/mol. The number of hydrazine groups is 1. The van der Waals surface area contributed by atoms with Gasteiger partial charge < -0.3 is 0 Å². The van der Waals surface area contributed by atoms with Gasteiger partial charge in [0.25, 0.3) is 5.91 Å². The summed E-state index contributed by atoms with van der Waals surface area (Å²) >= 11 is 6.39. The molecule has 1 heterocycles. The quantitative estimate of drug-likeness (QED) is 0.677. The van der Waals surface area contributed by atoms with Crippen LogP contribution in [0.3, 0.4) is 0 Å². The van der Waals surface area contributed by atoms with Crippen LogP contribution in [0.2, 0.25) is 0 Å². The highest BCUT2D eigenvalue weighted by Crippen LogP contribution is 2.31. The Labute approximate surface area is 143 Å². The Balaban J connectivity index is 1.74. The molecule has 0 radical (unpaired) electrons. The van der Waals surface area contributed by atoms with Crippen LogP contribution in [0.15, 0.2) is 59.5 Å². The number of carbonyl (C=O) groups is 1. The molecular formula is C17H13FN2OS2. The van der Waals surface area contributed by atoms with Crippen LogP contribution in [0.1, 0.15) is 11.1 Å². The van der Waals surface area contributed by atoms with Gasteiger partial charge in [-0.1, -0.05) is 72.5 Å². The molecule has 1 aliphatic heterocycles. The van der Waals surface area contributed by atoms with Crippen LogP contribution in [-0.2, 0) is 11.3 Å². The summed E-state index contributed by atoms with van der Waals surface area (Å²) < 4.78 is 14.1. The molecule has 0 spiro atoms. The fraction of sp³-hybridized carbons (Fsp3) is 0.0588. The first-order valence-electron chi connectivity index (χ1n) is 6.95. The van der Waals surface area contributed by atoms with Crippen molar-refractivity contribution in [3.63, 3.8) is 0 Å². The number of thiocarbonyl (C=S) groups is 1. The van der Waals surface area contributed by atoms with Crippen LogP contribution in [-0.4, -0.2) is 15.2 Å². The van der Waals surface area contributed by atoms with Gasteiger partial charge in [0.05, 0.1) is 4.91 Å². The van der Waals surface area contributed by atoms with E-state index in [1.165, 1.54) is 17.2 Å². The lowest BCUT2D eigenvalue weighted by atomic mass is 10.2. The van der Waals surface area contributed by atoms with Crippen molar-refractivity contribution in [3.05, 3.63) is 76.4 Å². The Morgan fingerprint density at radius 3 is 2.57 bits per heavy atom. The molecule has 6 heteroatoms. The molecular weight excluding hydrogens is 331 g/mol. The Morgan fingerprint density at radius 1 is 1.13 bits per heavy atom. The molecule has 1 amide bonds. The SMILES string of the molecule is O=C1/C(=C\c2ccccc2F)SC(=S)N1NCc1ccccc1. The van der Waals surface area contributed by atoms with Crippen molar-refractivity contribution in [2.75, 3.05) is 0 Å². The molecule has 1 N–H and O–H groups in total.